The molecule has 106 valence electrons. The van der Waals surface area contributed by atoms with Gasteiger partial charge < -0.3 is 9.84 Å². The van der Waals surface area contributed by atoms with E-state index in [1.165, 1.54) is 25.0 Å². The van der Waals surface area contributed by atoms with Gasteiger partial charge in [0.2, 0.25) is 0 Å². The highest BCUT2D eigenvalue weighted by Crippen LogP contribution is 2.26. The maximum absolute atomic E-state index is 10.7. The van der Waals surface area contributed by atoms with E-state index in [2.05, 4.69) is 11.0 Å². The second-order valence-electron chi connectivity index (χ2n) is 4.85. The van der Waals surface area contributed by atoms with Crippen molar-refractivity contribution < 1.29 is 14.6 Å². The Labute approximate surface area is 118 Å². The number of hydrogen-bond acceptors (Lipinski definition) is 4. The highest BCUT2D eigenvalue weighted by atomic mass is 16.5. The van der Waals surface area contributed by atoms with E-state index >= 15 is 0 Å². The molecule has 1 saturated carbocycles. The van der Waals surface area contributed by atoms with Crippen molar-refractivity contribution in [3.05, 3.63) is 29.8 Å². The molecule has 1 N–H and O–H groups in total. The summed E-state index contributed by atoms with van der Waals surface area (Å²) in [7, 11) is 0. The van der Waals surface area contributed by atoms with Gasteiger partial charge in [-0.05, 0) is 37.1 Å². The van der Waals surface area contributed by atoms with Gasteiger partial charge in [0.25, 0.3) is 0 Å². The second-order valence-corrected chi connectivity index (χ2v) is 4.85. The maximum atomic E-state index is 10.7. The van der Waals surface area contributed by atoms with Crippen molar-refractivity contribution in [1.29, 1.82) is 5.26 Å². The van der Waals surface area contributed by atoms with E-state index in [0.29, 0.717) is 24.8 Å². The lowest BCUT2D eigenvalue weighted by Crippen LogP contribution is -2.31. The lowest BCUT2D eigenvalue weighted by molar-refractivity contribution is 0.0697. The molecule has 0 radical (unpaired) electrons. The predicted molar refractivity (Wildman–Crippen MR) is 73.7 cm³/mol. The van der Waals surface area contributed by atoms with Crippen LogP contribution >= 0.6 is 0 Å². The Morgan fingerprint density at radius 1 is 1.35 bits per heavy atom. The van der Waals surface area contributed by atoms with Crippen molar-refractivity contribution in [1.82, 2.24) is 4.90 Å². The second kappa shape index (κ2) is 6.92. The van der Waals surface area contributed by atoms with Crippen molar-refractivity contribution >= 4 is 5.97 Å². The molecule has 0 unspecified atom stereocenters. The van der Waals surface area contributed by atoms with Crippen molar-refractivity contribution in [2.24, 2.45) is 0 Å². The molecular weight excluding hydrogens is 256 g/mol. The van der Waals surface area contributed by atoms with Crippen LogP contribution in [0.15, 0.2) is 24.3 Å². The van der Waals surface area contributed by atoms with Crippen LogP contribution < -0.4 is 4.74 Å². The van der Waals surface area contributed by atoms with E-state index in [4.69, 9.17) is 15.1 Å². The number of carboxylic acids is 1. The number of benzene rings is 1. The standard InChI is InChI=1S/C15H18N2O3/c16-8-1-9-17(13-4-5-13)10-11-20-14-6-2-12(3-7-14)15(18)19/h2-3,6-7,13H,1,4-5,9-11H2,(H,18,19). The summed E-state index contributed by atoms with van der Waals surface area (Å²) in [5.41, 5.74) is 0.256. The fourth-order valence-electron chi connectivity index (χ4n) is 2.08. The number of hydrogen-bond donors (Lipinski definition) is 1. The number of aromatic carboxylic acids is 1. The summed E-state index contributed by atoms with van der Waals surface area (Å²) in [5, 5.41) is 17.4. The van der Waals surface area contributed by atoms with Crippen molar-refractivity contribution in [3.63, 3.8) is 0 Å². The van der Waals surface area contributed by atoms with Crippen LogP contribution in [-0.4, -0.2) is 41.7 Å². The molecule has 1 aliphatic rings. The van der Waals surface area contributed by atoms with Crippen LogP contribution in [0.4, 0.5) is 0 Å². The van der Waals surface area contributed by atoms with Gasteiger partial charge in [0.1, 0.15) is 12.4 Å². The molecule has 0 saturated heterocycles. The molecule has 5 heteroatoms. The van der Waals surface area contributed by atoms with E-state index in [9.17, 15) is 4.79 Å². The summed E-state index contributed by atoms with van der Waals surface area (Å²) in [4.78, 5) is 13.0. The largest absolute Gasteiger partial charge is 0.492 e. The first-order chi connectivity index (χ1) is 9.70. The molecule has 5 nitrogen and oxygen atoms in total. The summed E-state index contributed by atoms with van der Waals surface area (Å²) in [6.45, 7) is 2.14. The smallest absolute Gasteiger partial charge is 0.335 e. The third-order valence-corrected chi connectivity index (χ3v) is 3.32. The zero-order valence-electron chi connectivity index (χ0n) is 11.3. The third-order valence-electron chi connectivity index (χ3n) is 3.32. The summed E-state index contributed by atoms with van der Waals surface area (Å²) in [5.74, 6) is -0.265. The summed E-state index contributed by atoms with van der Waals surface area (Å²) in [6, 6.07) is 9.18. The number of nitriles is 1. The summed E-state index contributed by atoms with van der Waals surface area (Å²) in [6.07, 6.45) is 2.96. The Kier molecular flexibility index (Phi) is 4.97. The number of carboxylic acid groups (broad SMARTS) is 1. The summed E-state index contributed by atoms with van der Waals surface area (Å²) >= 11 is 0. The molecular formula is C15H18N2O3. The zero-order chi connectivity index (χ0) is 14.4. The van der Waals surface area contributed by atoms with Gasteiger partial charge in [0, 0.05) is 25.6 Å². The quantitative estimate of drug-likeness (QED) is 0.786. The fraction of sp³-hybridized carbons (Fsp3) is 0.467. The van der Waals surface area contributed by atoms with E-state index in [1.54, 1.807) is 12.1 Å². The third kappa shape index (κ3) is 4.25. The topological polar surface area (TPSA) is 73.6 Å². The Morgan fingerprint density at radius 3 is 2.60 bits per heavy atom. The van der Waals surface area contributed by atoms with Crippen LogP contribution in [0.5, 0.6) is 5.75 Å². The van der Waals surface area contributed by atoms with Gasteiger partial charge in [-0.2, -0.15) is 5.26 Å². The normalized spacial score (nSPS) is 14.0. The minimum Gasteiger partial charge on any atom is -0.492 e. The van der Waals surface area contributed by atoms with Gasteiger partial charge in [-0.15, -0.1) is 0 Å². The van der Waals surface area contributed by atoms with Crippen molar-refractivity contribution in [3.8, 4) is 11.8 Å². The monoisotopic (exact) mass is 274 g/mol. The highest BCUT2D eigenvalue weighted by Gasteiger charge is 2.28. The van der Waals surface area contributed by atoms with Crippen LogP contribution in [0.25, 0.3) is 0 Å². The summed E-state index contributed by atoms with van der Waals surface area (Å²) < 4.78 is 5.61. The molecule has 0 amide bonds. The molecule has 1 aliphatic carbocycles. The van der Waals surface area contributed by atoms with Crippen LogP contribution in [0.3, 0.4) is 0 Å². The zero-order valence-corrected chi connectivity index (χ0v) is 11.3. The van der Waals surface area contributed by atoms with E-state index in [1.807, 2.05) is 0 Å². The molecule has 0 aliphatic heterocycles. The Bertz CT molecular complexity index is 489. The molecule has 20 heavy (non-hydrogen) atoms. The SMILES string of the molecule is N#CCCN(CCOc1ccc(C(=O)O)cc1)C1CC1. The van der Waals surface area contributed by atoms with Crippen LogP contribution in [0.1, 0.15) is 29.6 Å². The molecule has 2 rings (SSSR count). The minimum absolute atomic E-state index is 0.256. The first-order valence-electron chi connectivity index (χ1n) is 6.78. The van der Waals surface area contributed by atoms with Gasteiger partial charge in [-0.3, -0.25) is 4.90 Å². The van der Waals surface area contributed by atoms with Gasteiger partial charge in [0.05, 0.1) is 11.6 Å². The maximum Gasteiger partial charge on any atom is 0.335 e. The average molecular weight is 274 g/mol. The van der Waals surface area contributed by atoms with E-state index in [0.717, 1.165) is 13.1 Å². The van der Waals surface area contributed by atoms with Crippen molar-refractivity contribution in [2.75, 3.05) is 19.7 Å². The van der Waals surface area contributed by atoms with Gasteiger partial charge >= 0.3 is 5.97 Å². The molecule has 0 bridgehead atoms. The molecule has 1 aromatic carbocycles. The molecule has 0 heterocycles. The van der Waals surface area contributed by atoms with E-state index in [-0.39, 0.29) is 5.56 Å². The lowest BCUT2D eigenvalue weighted by atomic mass is 10.2. The first-order valence-corrected chi connectivity index (χ1v) is 6.78. The molecule has 1 fully saturated rings. The molecule has 0 spiro atoms. The molecule has 0 aromatic heterocycles. The van der Waals surface area contributed by atoms with Gasteiger partial charge in [-0.25, -0.2) is 4.79 Å². The Balaban J connectivity index is 1.76. The fourth-order valence-corrected chi connectivity index (χ4v) is 2.08. The molecule has 1 aromatic rings. The van der Waals surface area contributed by atoms with Gasteiger partial charge in [-0.1, -0.05) is 0 Å². The lowest BCUT2D eigenvalue weighted by Gasteiger charge is -2.20. The van der Waals surface area contributed by atoms with Gasteiger partial charge in [0.15, 0.2) is 0 Å². The minimum atomic E-state index is -0.937. The van der Waals surface area contributed by atoms with E-state index < -0.39 is 5.97 Å². The first kappa shape index (κ1) is 14.4. The van der Waals surface area contributed by atoms with Crippen LogP contribution in [-0.2, 0) is 0 Å². The molecule has 0 atom stereocenters. The number of ether oxygens (including phenoxy) is 1. The Morgan fingerprint density at radius 2 is 2.05 bits per heavy atom. The number of carbonyl (C=O) groups is 1. The number of nitrogens with zero attached hydrogens (tertiary/aromatic N) is 2. The predicted octanol–water partition coefficient (Wildman–Crippen LogP) is 2.14. The average Bonchev–Trinajstić information content (AvgIpc) is 3.27. The Hall–Kier alpha value is -2.06. The van der Waals surface area contributed by atoms with Crippen LogP contribution in [0, 0.1) is 11.3 Å². The van der Waals surface area contributed by atoms with Crippen LogP contribution in [0.2, 0.25) is 0 Å². The highest BCUT2D eigenvalue weighted by molar-refractivity contribution is 5.87. The van der Waals surface area contributed by atoms with Crippen molar-refractivity contribution in [2.45, 2.75) is 25.3 Å². The number of rotatable bonds is 8.